The molecular formula is C18H23Cl2NO3Si. The van der Waals surface area contributed by atoms with E-state index in [0.717, 1.165) is 0 Å². The maximum atomic E-state index is 12.2. The molecule has 4 nitrogen and oxygen atoms in total. The molecular weight excluding hydrogens is 377 g/mol. The molecule has 0 N–H and O–H groups in total. The van der Waals surface area contributed by atoms with Crippen molar-refractivity contribution in [1.29, 1.82) is 0 Å². The summed E-state index contributed by atoms with van der Waals surface area (Å²) in [6, 6.07) is 5.07. The lowest BCUT2D eigenvalue weighted by atomic mass is 10.2. The van der Waals surface area contributed by atoms with Crippen molar-refractivity contribution in [3.05, 3.63) is 28.2 Å². The van der Waals surface area contributed by atoms with Crippen molar-refractivity contribution in [2.24, 2.45) is 0 Å². The Kier molecular flexibility index (Phi) is 8.50. The Labute approximate surface area is 160 Å². The predicted molar refractivity (Wildman–Crippen MR) is 106 cm³/mol. The van der Waals surface area contributed by atoms with Crippen LogP contribution in [0.25, 0.3) is 0 Å². The molecule has 0 fully saturated rings. The summed E-state index contributed by atoms with van der Waals surface area (Å²) in [7, 11) is -1.52. The predicted octanol–water partition coefficient (Wildman–Crippen LogP) is 4.20. The van der Waals surface area contributed by atoms with E-state index in [4.69, 9.17) is 27.9 Å². The van der Waals surface area contributed by atoms with Crippen molar-refractivity contribution in [2.75, 3.05) is 24.6 Å². The lowest BCUT2D eigenvalue weighted by Crippen LogP contribution is -2.32. The first-order chi connectivity index (χ1) is 11.6. The van der Waals surface area contributed by atoms with Gasteiger partial charge in [0.15, 0.2) is 5.78 Å². The van der Waals surface area contributed by atoms with Gasteiger partial charge in [0.25, 0.3) is 0 Å². The quantitative estimate of drug-likeness (QED) is 0.298. The standard InChI is InChI=1S/C18H23Cl2NO3Si/c1-5-24-18(23)12-17(22)13-21(7-6-8-25(2,3)4)16-10-14(19)9-15(20)11-16/h9-11H,5,7,12-13H2,1-4H3. The average molecular weight is 400 g/mol. The van der Waals surface area contributed by atoms with Gasteiger partial charge >= 0.3 is 5.97 Å². The Morgan fingerprint density at radius 2 is 1.76 bits per heavy atom. The van der Waals surface area contributed by atoms with Crippen molar-refractivity contribution in [3.8, 4) is 11.5 Å². The van der Waals surface area contributed by atoms with Crippen molar-refractivity contribution in [1.82, 2.24) is 0 Å². The molecule has 0 aromatic heterocycles. The molecule has 0 heterocycles. The van der Waals surface area contributed by atoms with Gasteiger partial charge in [-0.25, -0.2) is 0 Å². The third kappa shape index (κ3) is 8.96. The summed E-state index contributed by atoms with van der Waals surface area (Å²) in [6.45, 7) is 8.78. The minimum atomic E-state index is -1.52. The van der Waals surface area contributed by atoms with Crippen LogP contribution in [0.3, 0.4) is 0 Å². The highest BCUT2D eigenvalue weighted by Crippen LogP contribution is 2.25. The molecule has 0 spiro atoms. The number of Topliss-reactive ketones (excluding diaryl/α,β-unsaturated/α-hetero) is 1. The highest BCUT2D eigenvalue weighted by molar-refractivity contribution is 6.83. The van der Waals surface area contributed by atoms with Crippen molar-refractivity contribution < 1.29 is 14.3 Å². The molecule has 0 aliphatic carbocycles. The number of nitrogens with zero attached hydrogens (tertiary/aromatic N) is 1. The maximum absolute atomic E-state index is 12.2. The smallest absolute Gasteiger partial charge is 0.313 e. The summed E-state index contributed by atoms with van der Waals surface area (Å²) in [5.41, 5.74) is 3.96. The first-order valence-corrected chi connectivity index (χ1v) is 12.2. The summed E-state index contributed by atoms with van der Waals surface area (Å²) in [6.07, 6.45) is -0.264. The zero-order valence-corrected chi connectivity index (χ0v) is 17.5. The Hall–Kier alpha value is -1.48. The van der Waals surface area contributed by atoms with Gasteiger partial charge < -0.3 is 9.64 Å². The van der Waals surface area contributed by atoms with Gasteiger partial charge in [0.05, 0.1) is 19.7 Å². The van der Waals surface area contributed by atoms with Crippen LogP contribution in [0.5, 0.6) is 0 Å². The van der Waals surface area contributed by atoms with Crippen LogP contribution in [-0.2, 0) is 14.3 Å². The molecule has 0 unspecified atom stereocenters. The number of ether oxygens (including phenoxy) is 1. The first kappa shape index (κ1) is 21.6. The summed E-state index contributed by atoms with van der Waals surface area (Å²) >= 11 is 12.1. The molecule has 1 aromatic rings. The van der Waals surface area contributed by atoms with Gasteiger partial charge in [-0.2, -0.15) is 0 Å². The van der Waals surface area contributed by atoms with Crippen LogP contribution in [0.2, 0.25) is 29.7 Å². The SMILES string of the molecule is CCOC(=O)CC(=O)CN(CC#C[Si](C)(C)C)c1cc(Cl)cc(Cl)c1. The molecule has 0 bridgehead atoms. The molecule has 136 valence electrons. The second-order valence-corrected chi connectivity index (χ2v) is 12.2. The van der Waals surface area contributed by atoms with Crippen LogP contribution < -0.4 is 4.90 Å². The fraction of sp³-hybridized carbons (Fsp3) is 0.444. The summed E-state index contributed by atoms with van der Waals surface area (Å²) in [4.78, 5) is 25.5. The van der Waals surface area contributed by atoms with E-state index >= 15 is 0 Å². The van der Waals surface area contributed by atoms with Crippen LogP contribution in [0.1, 0.15) is 13.3 Å². The van der Waals surface area contributed by atoms with E-state index in [1.54, 1.807) is 30.0 Å². The summed E-state index contributed by atoms with van der Waals surface area (Å²) in [5, 5.41) is 0.951. The molecule has 25 heavy (non-hydrogen) atoms. The lowest BCUT2D eigenvalue weighted by Gasteiger charge is -2.22. The maximum Gasteiger partial charge on any atom is 0.313 e. The molecule has 0 saturated carbocycles. The number of hydrogen-bond acceptors (Lipinski definition) is 4. The van der Waals surface area contributed by atoms with E-state index in [-0.39, 0.29) is 25.4 Å². The highest BCUT2D eigenvalue weighted by Gasteiger charge is 2.16. The number of benzene rings is 1. The molecule has 0 saturated heterocycles. The van der Waals surface area contributed by atoms with Crippen molar-refractivity contribution in [3.63, 3.8) is 0 Å². The van der Waals surface area contributed by atoms with Crippen molar-refractivity contribution in [2.45, 2.75) is 33.0 Å². The van der Waals surface area contributed by atoms with E-state index in [0.29, 0.717) is 22.3 Å². The number of ketones is 1. The Bertz CT molecular complexity index is 670. The molecule has 0 aliphatic rings. The Morgan fingerprint density at radius 1 is 1.16 bits per heavy atom. The minimum Gasteiger partial charge on any atom is -0.466 e. The minimum absolute atomic E-state index is 0.0376. The van der Waals surface area contributed by atoms with E-state index in [1.165, 1.54) is 0 Å². The van der Waals surface area contributed by atoms with E-state index in [9.17, 15) is 9.59 Å². The molecule has 0 atom stereocenters. The van der Waals surface area contributed by atoms with Crippen LogP contribution >= 0.6 is 23.2 Å². The lowest BCUT2D eigenvalue weighted by molar-refractivity contribution is -0.145. The number of rotatable bonds is 7. The number of carbonyl (C=O) groups excluding carboxylic acids is 2. The average Bonchev–Trinajstić information content (AvgIpc) is 2.43. The molecule has 7 heteroatoms. The topological polar surface area (TPSA) is 46.6 Å². The zero-order chi connectivity index (χ0) is 19.0. The molecule has 1 rings (SSSR count). The number of halogens is 2. The number of hydrogen-bond donors (Lipinski definition) is 0. The second-order valence-electron chi connectivity index (χ2n) is 6.56. The number of esters is 1. The molecule has 0 radical (unpaired) electrons. The fourth-order valence-corrected chi connectivity index (χ4v) is 3.13. The molecule has 0 aliphatic heterocycles. The normalized spacial score (nSPS) is 10.6. The van der Waals surface area contributed by atoms with E-state index in [1.807, 2.05) is 0 Å². The van der Waals surface area contributed by atoms with Gasteiger partial charge in [-0.15, -0.1) is 5.54 Å². The third-order valence-electron chi connectivity index (χ3n) is 2.96. The molecule has 0 amide bonds. The van der Waals surface area contributed by atoms with Gasteiger partial charge in [0.2, 0.25) is 0 Å². The van der Waals surface area contributed by atoms with Gasteiger partial charge in [-0.1, -0.05) is 48.8 Å². The number of carbonyl (C=O) groups is 2. The van der Waals surface area contributed by atoms with Gasteiger partial charge in [0, 0.05) is 15.7 Å². The van der Waals surface area contributed by atoms with Gasteiger partial charge in [0.1, 0.15) is 14.5 Å². The Balaban J connectivity index is 2.96. The number of anilines is 1. The van der Waals surface area contributed by atoms with Crippen LogP contribution in [0.15, 0.2) is 18.2 Å². The van der Waals surface area contributed by atoms with Crippen LogP contribution in [0, 0.1) is 11.5 Å². The fourth-order valence-electron chi connectivity index (χ4n) is 2.00. The van der Waals surface area contributed by atoms with E-state index < -0.39 is 14.0 Å². The Morgan fingerprint density at radius 3 is 2.28 bits per heavy atom. The zero-order valence-electron chi connectivity index (χ0n) is 15.0. The van der Waals surface area contributed by atoms with Crippen molar-refractivity contribution >= 4 is 48.7 Å². The highest BCUT2D eigenvalue weighted by atomic mass is 35.5. The van der Waals surface area contributed by atoms with E-state index in [2.05, 4.69) is 31.1 Å². The molecule has 1 aromatic carbocycles. The van der Waals surface area contributed by atoms with Gasteiger partial charge in [-0.05, 0) is 25.1 Å². The second kappa shape index (κ2) is 9.86. The third-order valence-corrected chi connectivity index (χ3v) is 4.32. The van der Waals surface area contributed by atoms with Crippen LogP contribution in [-0.4, -0.2) is 39.5 Å². The van der Waals surface area contributed by atoms with Crippen LogP contribution in [0.4, 0.5) is 5.69 Å². The monoisotopic (exact) mass is 399 g/mol. The first-order valence-electron chi connectivity index (χ1n) is 7.99. The van der Waals surface area contributed by atoms with Gasteiger partial charge in [-0.3, -0.25) is 9.59 Å². The summed E-state index contributed by atoms with van der Waals surface area (Å²) < 4.78 is 4.82. The largest absolute Gasteiger partial charge is 0.466 e. The summed E-state index contributed by atoms with van der Waals surface area (Å²) in [5.74, 6) is 2.36.